The number of carbonyl (C=O) groups is 1. The molecular weight excluding hydrogens is 294 g/mol. The van der Waals surface area contributed by atoms with Gasteiger partial charge in [0.2, 0.25) is 5.88 Å². The number of benzene rings is 1. The molecule has 120 valence electrons. The molecule has 0 fully saturated rings. The van der Waals surface area contributed by atoms with E-state index < -0.39 is 0 Å². The Balaban J connectivity index is 1.81. The maximum absolute atomic E-state index is 12.7. The van der Waals surface area contributed by atoms with Gasteiger partial charge in [0.15, 0.2) is 0 Å². The Hall–Kier alpha value is -2.63. The second kappa shape index (κ2) is 6.24. The van der Waals surface area contributed by atoms with E-state index in [1.165, 1.54) is 31.4 Å². The van der Waals surface area contributed by atoms with E-state index in [1.807, 2.05) is 12.1 Å². The summed E-state index contributed by atoms with van der Waals surface area (Å²) < 4.78 is 10.1. The molecule has 1 aromatic carbocycles. The van der Waals surface area contributed by atoms with E-state index in [0.717, 1.165) is 12.8 Å². The number of methoxy groups -OCH3 is 2. The van der Waals surface area contributed by atoms with E-state index in [9.17, 15) is 4.79 Å². The lowest BCUT2D eigenvalue weighted by Gasteiger charge is -2.24. The third-order valence-electron chi connectivity index (χ3n) is 4.19. The van der Waals surface area contributed by atoms with Gasteiger partial charge in [0.1, 0.15) is 5.69 Å². The highest BCUT2D eigenvalue weighted by Crippen LogP contribution is 2.26. The molecular formula is C17H19N3O3. The summed E-state index contributed by atoms with van der Waals surface area (Å²) in [5.41, 5.74) is 2.87. The Morgan fingerprint density at radius 3 is 2.35 bits per heavy atom. The molecule has 0 atom stereocenters. The molecule has 2 aromatic rings. The summed E-state index contributed by atoms with van der Waals surface area (Å²) in [5.74, 6) is 0.144. The molecule has 0 aliphatic heterocycles. The first-order chi connectivity index (χ1) is 11.1. The number of fused-ring (bicyclic) bond motifs is 1. The zero-order valence-electron chi connectivity index (χ0n) is 13.4. The van der Waals surface area contributed by atoms with Crippen LogP contribution in [0.25, 0.3) is 0 Å². The van der Waals surface area contributed by atoms with Crippen molar-refractivity contribution in [3.05, 3.63) is 47.2 Å². The van der Waals surface area contributed by atoms with Crippen LogP contribution in [0.2, 0.25) is 0 Å². The summed E-state index contributed by atoms with van der Waals surface area (Å²) in [5, 5.41) is 0. The van der Waals surface area contributed by atoms with Gasteiger partial charge in [-0.3, -0.25) is 4.79 Å². The molecule has 0 spiro atoms. The van der Waals surface area contributed by atoms with Crippen LogP contribution in [0.4, 0.5) is 0 Å². The molecule has 0 unspecified atom stereocenters. The SMILES string of the molecule is COc1cc(C(=O)N(C)C2Cc3ccccc3C2)nc(OC)n1. The van der Waals surface area contributed by atoms with Crippen LogP contribution < -0.4 is 9.47 Å². The van der Waals surface area contributed by atoms with Crippen molar-refractivity contribution < 1.29 is 14.3 Å². The van der Waals surface area contributed by atoms with Crippen molar-refractivity contribution in [2.45, 2.75) is 18.9 Å². The van der Waals surface area contributed by atoms with Crippen molar-refractivity contribution in [2.75, 3.05) is 21.3 Å². The van der Waals surface area contributed by atoms with Crippen molar-refractivity contribution >= 4 is 5.91 Å². The average Bonchev–Trinajstić information content (AvgIpc) is 3.03. The maximum Gasteiger partial charge on any atom is 0.320 e. The second-order valence-corrected chi connectivity index (χ2v) is 5.53. The van der Waals surface area contributed by atoms with Crippen LogP contribution in [-0.4, -0.2) is 48.1 Å². The van der Waals surface area contributed by atoms with Gasteiger partial charge in [-0.05, 0) is 24.0 Å². The van der Waals surface area contributed by atoms with Crippen LogP contribution in [0.15, 0.2) is 30.3 Å². The van der Waals surface area contributed by atoms with Gasteiger partial charge >= 0.3 is 6.01 Å². The average molecular weight is 313 g/mol. The number of aromatic nitrogens is 2. The number of nitrogens with zero attached hydrogens (tertiary/aromatic N) is 3. The zero-order chi connectivity index (χ0) is 16.4. The molecule has 23 heavy (non-hydrogen) atoms. The predicted molar refractivity (Wildman–Crippen MR) is 84.9 cm³/mol. The molecule has 0 bridgehead atoms. The summed E-state index contributed by atoms with van der Waals surface area (Å²) in [6.45, 7) is 0. The minimum absolute atomic E-state index is 0.121. The molecule has 0 radical (unpaired) electrons. The highest BCUT2D eigenvalue weighted by molar-refractivity contribution is 5.92. The van der Waals surface area contributed by atoms with E-state index in [2.05, 4.69) is 22.1 Å². The molecule has 0 saturated carbocycles. The standard InChI is InChI=1S/C17H19N3O3/c1-20(13-8-11-6-4-5-7-12(11)9-13)16(21)14-10-15(22-2)19-17(18-14)23-3/h4-7,10,13H,8-9H2,1-3H3. The fourth-order valence-electron chi connectivity index (χ4n) is 2.87. The minimum atomic E-state index is -0.165. The van der Waals surface area contributed by atoms with Crippen LogP contribution in [0.1, 0.15) is 21.6 Å². The molecule has 6 heteroatoms. The minimum Gasteiger partial charge on any atom is -0.481 e. The number of amides is 1. The van der Waals surface area contributed by atoms with Crippen molar-refractivity contribution in [1.29, 1.82) is 0 Å². The zero-order valence-corrected chi connectivity index (χ0v) is 13.4. The fourth-order valence-corrected chi connectivity index (χ4v) is 2.87. The normalized spacial score (nSPS) is 13.5. The summed E-state index contributed by atoms with van der Waals surface area (Å²) in [6.07, 6.45) is 1.72. The van der Waals surface area contributed by atoms with Crippen LogP contribution in [0, 0.1) is 0 Å². The molecule has 3 rings (SSSR count). The highest BCUT2D eigenvalue weighted by atomic mass is 16.5. The van der Waals surface area contributed by atoms with Gasteiger partial charge in [0.05, 0.1) is 14.2 Å². The molecule has 1 aliphatic carbocycles. The second-order valence-electron chi connectivity index (χ2n) is 5.53. The molecule has 1 heterocycles. The Bertz CT molecular complexity index is 686. The number of hydrogen-bond acceptors (Lipinski definition) is 5. The topological polar surface area (TPSA) is 64.5 Å². The van der Waals surface area contributed by atoms with Crippen LogP contribution >= 0.6 is 0 Å². The quantitative estimate of drug-likeness (QED) is 0.860. The molecule has 1 amide bonds. The number of ether oxygens (including phenoxy) is 2. The number of rotatable bonds is 4. The number of likely N-dealkylation sites (N-methyl/N-ethyl adjacent to an activating group) is 1. The highest BCUT2D eigenvalue weighted by Gasteiger charge is 2.29. The number of hydrogen-bond donors (Lipinski definition) is 0. The van der Waals surface area contributed by atoms with Gasteiger partial charge in [-0.15, -0.1) is 0 Å². The van der Waals surface area contributed by atoms with Crippen LogP contribution in [-0.2, 0) is 12.8 Å². The van der Waals surface area contributed by atoms with Crippen LogP contribution in [0.3, 0.4) is 0 Å². The fraction of sp³-hybridized carbons (Fsp3) is 0.353. The van der Waals surface area contributed by atoms with Gasteiger partial charge < -0.3 is 14.4 Å². The summed E-state index contributed by atoms with van der Waals surface area (Å²) in [4.78, 5) is 22.6. The Morgan fingerprint density at radius 1 is 1.13 bits per heavy atom. The van der Waals surface area contributed by atoms with Gasteiger partial charge in [-0.2, -0.15) is 9.97 Å². The monoisotopic (exact) mass is 313 g/mol. The Kier molecular flexibility index (Phi) is 4.14. The maximum atomic E-state index is 12.7. The van der Waals surface area contributed by atoms with Crippen molar-refractivity contribution in [2.24, 2.45) is 0 Å². The lowest BCUT2D eigenvalue weighted by molar-refractivity contribution is 0.0729. The lowest BCUT2D eigenvalue weighted by Crippen LogP contribution is -2.38. The molecule has 6 nitrogen and oxygen atoms in total. The van der Waals surface area contributed by atoms with E-state index in [0.29, 0.717) is 5.88 Å². The van der Waals surface area contributed by atoms with Crippen molar-refractivity contribution in [3.8, 4) is 11.9 Å². The van der Waals surface area contributed by atoms with E-state index in [4.69, 9.17) is 9.47 Å². The summed E-state index contributed by atoms with van der Waals surface area (Å²) in [7, 11) is 4.76. The van der Waals surface area contributed by atoms with Crippen molar-refractivity contribution in [1.82, 2.24) is 14.9 Å². The van der Waals surface area contributed by atoms with E-state index in [-0.39, 0.29) is 23.7 Å². The molecule has 0 saturated heterocycles. The third-order valence-corrected chi connectivity index (χ3v) is 4.19. The third kappa shape index (κ3) is 2.97. The molecule has 0 N–H and O–H groups in total. The Morgan fingerprint density at radius 2 is 1.78 bits per heavy atom. The molecule has 1 aromatic heterocycles. The largest absolute Gasteiger partial charge is 0.481 e. The first-order valence-corrected chi connectivity index (χ1v) is 7.43. The van der Waals surface area contributed by atoms with Gasteiger partial charge in [-0.25, -0.2) is 0 Å². The summed E-state index contributed by atoms with van der Waals surface area (Å²) in [6, 6.07) is 10.1. The first kappa shape index (κ1) is 15.3. The van der Waals surface area contributed by atoms with Gasteiger partial charge in [0, 0.05) is 19.2 Å². The predicted octanol–water partition coefficient (Wildman–Crippen LogP) is 1.73. The molecule has 1 aliphatic rings. The van der Waals surface area contributed by atoms with Gasteiger partial charge in [0.25, 0.3) is 5.91 Å². The van der Waals surface area contributed by atoms with E-state index in [1.54, 1.807) is 11.9 Å². The summed E-state index contributed by atoms with van der Waals surface area (Å²) >= 11 is 0. The van der Waals surface area contributed by atoms with Gasteiger partial charge in [-0.1, -0.05) is 24.3 Å². The number of carbonyl (C=O) groups excluding carboxylic acids is 1. The lowest BCUT2D eigenvalue weighted by atomic mass is 10.1. The smallest absolute Gasteiger partial charge is 0.320 e. The van der Waals surface area contributed by atoms with Crippen LogP contribution in [0.5, 0.6) is 11.9 Å². The van der Waals surface area contributed by atoms with E-state index >= 15 is 0 Å². The Labute approximate surface area is 135 Å². The van der Waals surface area contributed by atoms with Crippen molar-refractivity contribution in [3.63, 3.8) is 0 Å². The first-order valence-electron chi connectivity index (χ1n) is 7.43.